The van der Waals surface area contributed by atoms with E-state index in [9.17, 15) is 4.79 Å². The van der Waals surface area contributed by atoms with Gasteiger partial charge < -0.3 is 4.74 Å². The van der Waals surface area contributed by atoms with Crippen molar-refractivity contribution >= 4 is 17.5 Å². The third kappa shape index (κ3) is 4.06. The van der Waals surface area contributed by atoms with Gasteiger partial charge in [-0.05, 0) is 37.8 Å². The number of likely N-dealkylation sites (tertiary alicyclic amines) is 1. The predicted octanol–water partition coefficient (Wildman–Crippen LogP) is 2.70. The second-order valence-electron chi connectivity index (χ2n) is 4.89. The number of ether oxygens (including phenoxy) is 1. The van der Waals surface area contributed by atoms with Crippen molar-refractivity contribution in [2.24, 2.45) is 0 Å². The minimum atomic E-state index is 0.199. The standard InChI is InChI=1S/C15H21NO2S/c1-18-13-4-3-9-16(10-13)11-15(17)12-5-7-14(19-2)8-6-12/h5-8,13H,3-4,9-11H2,1-2H3. The molecular weight excluding hydrogens is 258 g/mol. The van der Waals surface area contributed by atoms with Crippen molar-refractivity contribution in [3.63, 3.8) is 0 Å². The molecule has 1 aliphatic rings. The number of Topliss-reactive ketones (excluding diaryl/α,β-unsaturated/α-hetero) is 1. The Balaban J connectivity index is 1.92. The Hall–Kier alpha value is -0.840. The van der Waals surface area contributed by atoms with E-state index in [0.717, 1.165) is 31.5 Å². The minimum Gasteiger partial charge on any atom is -0.380 e. The van der Waals surface area contributed by atoms with E-state index in [-0.39, 0.29) is 11.9 Å². The average Bonchev–Trinajstić information content (AvgIpc) is 2.47. The number of methoxy groups -OCH3 is 1. The van der Waals surface area contributed by atoms with E-state index in [4.69, 9.17) is 4.74 Å². The van der Waals surface area contributed by atoms with Gasteiger partial charge in [0.05, 0.1) is 12.6 Å². The average molecular weight is 279 g/mol. The third-order valence-corrected chi connectivity index (χ3v) is 4.32. The third-order valence-electron chi connectivity index (χ3n) is 3.57. The quantitative estimate of drug-likeness (QED) is 0.612. The predicted molar refractivity (Wildman–Crippen MR) is 79.0 cm³/mol. The molecule has 0 saturated carbocycles. The van der Waals surface area contributed by atoms with Gasteiger partial charge in [-0.15, -0.1) is 11.8 Å². The molecule has 1 unspecified atom stereocenters. The monoisotopic (exact) mass is 279 g/mol. The molecule has 1 saturated heterocycles. The molecular formula is C15H21NO2S. The van der Waals surface area contributed by atoms with E-state index in [1.54, 1.807) is 18.9 Å². The van der Waals surface area contributed by atoms with Crippen LogP contribution in [0, 0.1) is 0 Å². The summed E-state index contributed by atoms with van der Waals surface area (Å²) in [5.74, 6) is 0.199. The smallest absolute Gasteiger partial charge is 0.176 e. The van der Waals surface area contributed by atoms with Crippen molar-refractivity contribution in [1.29, 1.82) is 0 Å². The summed E-state index contributed by atoms with van der Waals surface area (Å²) in [4.78, 5) is 15.6. The molecule has 104 valence electrons. The molecule has 1 fully saturated rings. The number of carbonyl (C=O) groups excluding carboxylic acids is 1. The first-order chi connectivity index (χ1) is 9.22. The van der Waals surface area contributed by atoms with Crippen LogP contribution in [-0.4, -0.2) is 49.8 Å². The van der Waals surface area contributed by atoms with E-state index in [1.807, 2.05) is 30.5 Å². The molecule has 1 aromatic carbocycles. The summed E-state index contributed by atoms with van der Waals surface area (Å²) < 4.78 is 5.38. The summed E-state index contributed by atoms with van der Waals surface area (Å²) in [6.07, 6.45) is 4.52. The first kappa shape index (κ1) is 14.6. The van der Waals surface area contributed by atoms with E-state index in [2.05, 4.69) is 4.90 Å². The molecule has 0 aromatic heterocycles. The summed E-state index contributed by atoms with van der Waals surface area (Å²) in [5, 5.41) is 0. The van der Waals surface area contributed by atoms with Crippen LogP contribution in [0.1, 0.15) is 23.2 Å². The molecule has 0 N–H and O–H groups in total. The van der Waals surface area contributed by atoms with Gasteiger partial charge in [0.15, 0.2) is 5.78 Å². The Labute approximate surface area is 119 Å². The van der Waals surface area contributed by atoms with Gasteiger partial charge in [-0.1, -0.05) is 12.1 Å². The molecule has 0 spiro atoms. The highest BCUT2D eigenvalue weighted by molar-refractivity contribution is 7.98. The Bertz CT molecular complexity index is 419. The molecule has 2 rings (SSSR count). The number of hydrogen-bond donors (Lipinski definition) is 0. The summed E-state index contributed by atoms with van der Waals surface area (Å²) >= 11 is 1.69. The van der Waals surface area contributed by atoms with Crippen LogP contribution in [-0.2, 0) is 4.74 Å². The fourth-order valence-corrected chi connectivity index (χ4v) is 2.83. The van der Waals surface area contributed by atoms with Crippen LogP contribution in [0.5, 0.6) is 0 Å². The molecule has 0 radical (unpaired) electrons. The van der Waals surface area contributed by atoms with Crippen LogP contribution in [0.15, 0.2) is 29.2 Å². The normalized spacial score (nSPS) is 20.4. The maximum atomic E-state index is 12.2. The second kappa shape index (κ2) is 7.08. The number of rotatable bonds is 5. The Morgan fingerprint density at radius 3 is 2.79 bits per heavy atom. The molecule has 4 heteroatoms. The molecule has 0 amide bonds. The lowest BCUT2D eigenvalue weighted by molar-refractivity contribution is 0.0314. The Kier molecular flexibility index (Phi) is 5.43. The highest BCUT2D eigenvalue weighted by Gasteiger charge is 2.21. The topological polar surface area (TPSA) is 29.5 Å². The fraction of sp³-hybridized carbons (Fsp3) is 0.533. The molecule has 3 nitrogen and oxygen atoms in total. The molecule has 0 aliphatic carbocycles. The highest BCUT2D eigenvalue weighted by atomic mass is 32.2. The first-order valence-electron chi connectivity index (χ1n) is 6.65. The number of thioether (sulfide) groups is 1. The van der Waals surface area contributed by atoms with Gasteiger partial charge in [0.2, 0.25) is 0 Å². The molecule has 1 aromatic rings. The van der Waals surface area contributed by atoms with Crippen molar-refractivity contribution in [2.75, 3.05) is 33.0 Å². The number of hydrogen-bond acceptors (Lipinski definition) is 4. The molecule has 19 heavy (non-hydrogen) atoms. The molecule has 0 bridgehead atoms. The van der Waals surface area contributed by atoms with E-state index < -0.39 is 0 Å². The summed E-state index contributed by atoms with van der Waals surface area (Å²) in [6.45, 7) is 2.36. The Morgan fingerprint density at radius 1 is 1.42 bits per heavy atom. The molecule has 1 aliphatic heterocycles. The van der Waals surface area contributed by atoms with Crippen LogP contribution >= 0.6 is 11.8 Å². The first-order valence-corrected chi connectivity index (χ1v) is 7.88. The van der Waals surface area contributed by atoms with E-state index >= 15 is 0 Å². The van der Waals surface area contributed by atoms with Crippen LogP contribution in [0.25, 0.3) is 0 Å². The van der Waals surface area contributed by atoms with Crippen molar-refractivity contribution in [1.82, 2.24) is 4.90 Å². The second-order valence-corrected chi connectivity index (χ2v) is 5.77. The largest absolute Gasteiger partial charge is 0.380 e. The summed E-state index contributed by atoms with van der Waals surface area (Å²) in [5.41, 5.74) is 0.803. The number of nitrogens with zero attached hydrogens (tertiary/aromatic N) is 1. The zero-order valence-corrected chi connectivity index (χ0v) is 12.4. The number of piperidine rings is 1. The number of benzene rings is 1. The summed E-state index contributed by atoms with van der Waals surface area (Å²) in [7, 11) is 1.75. The zero-order valence-electron chi connectivity index (χ0n) is 11.6. The van der Waals surface area contributed by atoms with Crippen LogP contribution < -0.4 is 0 Å². The van der Waals surface area contributed by atoms with E-state index in [0.29, 0.717) is 6.54 Å². The lowest BCUT2D eigenvalue weighted by Gasteiger charge is -2.31. The summed E-state index contributed by atoms with van der Waals surface area (Å²) in [6, 6.07) is 7.86. The van der Waals surface area contributed by atoms with Gasteiger partial charge in [0, 0.05) is 24.1 Å². The minimum absolute atomic E-state index is 0.199. The van der Waals surface area contributed by atoms with Crippen LogP contribution in [0.4, 0.5) is 0 Å². The SMILES string of the molecule is COC1CCCN(CC(=O)c2ccc(SC)cc2)C1. The molecule has 1 atom stereocenters. The fourth-order valence-electron chi connectivity index (χ4n) is 2.42. The lowest BCUT2D eigenvalue weighted by Crippen LogP contribution is -2.41. The van der Waals surface area contributed by atoms with Crippen LogP contribution in [0.2, 0.25) is 0 Å². The van der Waals surface area contributed by atoms with Crippen molar-refractivity contribution in [2.45, 2.75) is 23.8 Å². The van der Waals surface area contributed by atoms with Gasteiger partial charge in [0.1, 0.15) is 0 Å². The van der Waals surface area contributed by atoms with Gasteiger partial charge >= 0.3 is 0 Å². The van der Waals surface area contributed by atoms with Crippen LogP contribution in [0.3, 0.4) is 0 Å². The van der Waals surface area contributed by atoms with Gasteiger partial charge in [-0.25, -0.2) is 0 Å². The lowest BCUT2D eigenvalue weighted by atomic mass is 10.1. The van der Waals surface area contributed by atoms with Crippen molar-refractivity contribution in [3.05, 3.63) is 29.8 Å². The van der Waals surface area contributed by atoms with E-state index in [1.165, 1.54) is 4.90 Å². The number of ketones is 1. The number of carbonyl (C=O) groups is 1. The maximum absolute atomic E-state index is 12.2. The molecule has 1 heterocycles. The maximum Gasteiger partial charge on any atom is 0.176 e. The van der Waals surface area contributed by atoms with Crippen molar-refractivity contribution < 1.29 is 9.53 Å². The van der Waals surface area contributed by atoms with Gasteiger partial charge in [0.25, 0.3) is 0 Å². The zero-order chi connectivity index (χ0) is 13.7. The van der Waals surface area contributed by atoms with Crippen molar-refractivity contribution in [3.8, 4) is 0 Å². The van der Waals surface area contributed by atoms with Gasteiger partial charge in [-0.3, -0.25) is 9.69 Å². The highest BCUT2D eigenvalue weighted by Crippen LogP contribution is 2.16. The van der Waals surface area contributed by atoms with Gasteiger partial charge in [-0.2, -0.15) is 0 Å². The Morgan fingerprint density at radius 2 is 2.16 bits per heavy atom.